The van der Waals surface area contributed by atoms with Crippen molar-refractivity contribution in [3.8, 4) is 0 Å². The summed E-state index contributed by atoms with van der Waals surface area (Å²) in [4.78, 5) is 24.1. The number of carbonyl (C=O) groups is 2. The molecule has 2 amide bonds. The summed E-state index contributed by atoms with van der Waals surface area (Å²) in [5.41, 5.74) is 1.17. The average Bonchev–Trinajstić information content (AvgIpc) is 3.39. The average molecular weight is 422 g/mol. The Kier molecular flexibility index (Phi) is 6.82. The highest BCUT2D eigenvalue weighted by Gasteiger charge is 2.26. The SMILES string of the molecule is O=C(CCCNC(=O)c1ccsc1)Nc1ccc(S(=O)(=O)N2CCCC2)cc1. The van der Waals surface area contributed by atoms with Crippen LogP contribution in [0.2, 0.25) is 0 Å². The second-order valence-corrected chi connectivity index (χ2v) is 9.27. The van der Waals surface area contributed by atoms with Gasteiger partial charge >= 0.3 is 0 Å². The summed E-state index contributed by atoms with van der Waals surface area (Å²) in [6.45, 7) is 1.53. The molecule has 1 aliphatic rings. The van der Waals surface area contributed by atoms with Crippen molar-refractivity contribution in [2.24, 2.45) is 0 Å². The van der Waals surface area contributed by atoms with Gasteiger partial charge in [0.1, 0.15) is 0 Å². The molecule has 0 unspecified atom stereocenters. The van der Waals surface area contributed by atoms with Crippen LogP contribution in [0.3, 0.4) is 0 Å². The maximum Gasteiger partial charge on any atom is 0.252 e. The lowest BCUT2D eigenvalue weighted by Gasteiger charge is -2.15. The van der Waals surface area contributed by atoms with Crippen molar-refractivity contribution in [1.29, 1.82) is 0 Å². The molecule has 2 N–H and O–H groups in total. The summed E-state index contributed by atoms with van der Waals surface area (Å²) in [6.07, 6.45) is 2.56. The molecule has 0 bridgehead atoms. The van der Waals surface area contributed by atoms with Crippen LogP contribution in [0.1, 0.15) is 36.0 Å². The molecule has 0 aliphatic carbocycles. The highest BCUT2D eigenvalue weighted by Crippen LogP contribution is 2.22. The number of hydrogen-bond acceptors (Lipinski definition) is 5. The number of hydrogen-bond donors (Lipinski definition) is 2. The van der Waals surface area contributed by atoms with Crippen LogP contribution in [0.4, 0.5) is 5.69 Å². The lowest BCUT2D eigenvalue weighted by molar-refractivity contribution is -0.116. The largest absolute Gasteiger partial charge is 0.352 e. The number of nitrogens with zero attached hydrogens (tertiary/aromatic N) is 1. The van der Waals surface area contributed by atoms with Gasteiger partial charge in [0.25, 0.3) is 5.91 Å². The molecule has 0 atom stereocenters. The van der Waals surface area contributed by atoms with Crippen LogP contribution in [0.5, 0.6) is 0 Å². The third-order valence-electron chi connectivity index (χ3n) is 4.49. The smallest absolute Gasteiger partial charge is 0.252 e. The number of anilines is 1. The highest BCUT2D eigenvalue weighted by molar-refractivity contribution is 7.89. The predicted octanol–water partition coefficient (Wildman–Crippen LogP) is 2.68. The minimum atomic E-state index is -3.45. The Morgan fingerprint density at radius 3 is 2.43 bits per heavy atom. The molecule has 28 heavy (non-hydrogen) atoms. The summed E-state index contributed by atoms with van der Waals surface area (Å²) in [5, 5.41) is 9.13. The molecule has 1 aromatic carbocycles. The molecule has 3 rings (SSSR count). The van der Waals surface area contributed by atoms with Gasteiger partial charge in [-0.05, 0) is 55.0 Å². The quantitative estimate of drug-likeness (QED) is 0.641. The molecule has 0 spiro atoms. The normalized spacial score (nSPS) is 14.7. The molecule has 7 nitrogen and oxygen atoms in total. The Hall–Kier alpha value is -2.23. The van der Waals surface area contributed by atoms with Crippen LogP contribution >= 0.6 is 11.3 Å². The van der Waals surface area contributed by atoms with Crippen molar-refractivity contribution >= 4 is 38.9 Å². The first-order valence-electron chi connectivity index (χ1n) is 9.17. The molecule has 0 radical (unpaired) electrons. The van der Waals surface area contributed by atoms with Crippen molar-refractivity contribution in [3.05, 3.63) is 46.7 Å². The molecule has 150 valence electrons. The number of thiophene rings is 1. The summed E-state index contributed by atoms with van der Waals surface area (Å²) in [6, 6.07) is 7.98. The second-order valence-electron chi connectivity index (χ2n) is 6.56. The zero-order valence-corrected chi connectivity index (χ0v) is 17.0. The van der Waals surface area contributed by atoms with Crippen LogP contribution in [-0.4, -0.2) is 44.2 Å². The zero-order chi connectivity index (χ0) is 20.0. The van der Waals surface area contributed by atoms with E-state index in [0.29, 0.717) is 37.3 Å². The van der Waals surface area contributed by atoms with E-state index >= 15 is 0 Å². The number of nitrogens with one attached hydrogen (secondary N) is 2. The van der Waals surface area contributed by atoms with Gasteiger partial charge in [-0.1, -0.05) is 0 Å². The highest BCUT2D eigenvalue weighted by atomic mass is 32.2. The van der Waals surface area contributed by atoms with Gasteiger partial charge in [-0.2, -0.15) is 15.6 Å². The first-order chi connectivity index (χ1) is 13.5. The molecule has 1 aromatic heterocycles. The lowest BCUT2D eigenvalue weighted by Crippen LogP contribution is -2.27. The fourth-order valence-corrected chi connectivity index (χ4v) is 5.11. The van der Waals surface area contributed by atoms with E-state index < -0.39 is 10.0 Å². The van der Waals surface area contributed by atoms with Gasteiger partial charge in [0.2, 0.25) is 15.9 Å². The molecule has 9 heteroatoms. The number of benzene rings is 1. The Bertz CT molecular complexity index is 903. The maximum atomic E-state index is 12.5. The number of sulfonamides is 1. The van der Waals surface area contributed by atoms with Crippen molar-refractivity contribution in [3.63, 3.8) is 0 Å². The van der Waals surface area contributed by atoms with E-state index in [2.05, 4.69) is 10.6 Å². The minimum Gasteiger partial charge on any atom is -0.352 e. The summed E-state index contributed by atoms with van der Waals surface area (Å²) >= 11 is 1.46. The van der Waals surface area contributed by atoms with E-state index in [9.17, 15) is 18.0 Å². The third-order valence-corrected chi connectivity index (χ3v) is 7.09. The van der Waals surface area contributed by atoms with Crippen LogP contribution in [0.15, 0.2) is 46.0 Å². The van der Waals surface area contributed by atoms with E-state index in [1.54, 1.807) is 23.6 Å². The monoisotopic (exact) mass is 421 g/mol. The Balaban J connectivity index is 1.43. The fraction of sp³-hybridized carbons (Fsp3) is 0.368. The van der Waals surface area contributed by atoms with Gasteiger partial charge in [0.05, 0.1) is 4.90 Å². The standard InChI is InChI=1S/C19H23N3O4S2/c23-18(4-3-10-20-19(24)15-9-13-27-14-15)21-16-5-7-17(8-6-16)28(25,26)22-11-1-2-12-22/h5-9,13-14H,1-4,10-12H2,(H,20,24)(H,21,23). The van der Waals surface area contributed by atoms with E-state index in [-0.39, 0.29) is 23.1 Å². The van der Waals surface area contributed by atoms with Gasteiger partial charge in [-0.25, -0.2) is 8.42 Å². The number of carbonyl (C=O) groups excluding carboxylic acids is 2. The van der Waals surface area contributed by atoms with Crippen molar-refractivity contribution < 1.29 is 18.0 Å². The van der Waals surface area contributed by atoms with Gasteiger partial charge in [0.15, 0.2) is 0 Å². The van der Waals surface area contributed by atoms with Crippen molar-refractivity contribution in [2.75, 3.05) is 25.0 Å². The third kappa shape index (κ3) is 5.18. The predicted molar refractivity (Wildman–Crippen MR) is 109 cm³/mol. The molecule has 2 aromatic rings. The summed E-state index contributed by atoms with van der Waals surface area (Å²) < 4.78 is 26.5. The molecule has 2 heterocycles. The van der Waals surface area contributed by atoms with Crippen LogP contribution in [0.25, 0.3) is 0 Å². The Morgan fingerprint density at radius 1 is 1.07 bits per heavy atom. The Labute approximate surface area is 168 Å². The van der Waals surface area contributed by atoms with E-state index in [1.165, 1.54) is 27.8 Å². The summed E-state index contributed by atoms with van der Waals surface area (Å²) in [5.74, 6) is -0.323. The van der Waals surface area contributed by atoms with Crippen LogP contribution < -0.4 is 10.6 Å². The van der Waals surface area contributed by atoms with E-state index in [1.807, 2.05) is 5.38 Å². The van der Waals surface area contributed by atoms with E-state index in [4.69, 9.17) is 0 Å². The van der Waals surface area contributed by atoms with Crippen molar-refractivity contribution in [1.82, 2.24) is 9.62 Å². The molecule has 1 fully saturated rings. The van der Waals surface area contributed by atoms with Gasteiger partial charge in [-0.3, -0.25) is 9.59 Å². The molecule has 1 saturated heterocycles. The minimum absolute atomic E-state index is 0.142. The van der Waals surface area contributed by atoms with E-state index in [0.717, 1.165) is 12.8 Å². The van der Waals surface area contributed by atoms with Crippen LogP contribution in [-0.2, 0) is 14.8 Å². The Morgan fingerprint density at radius 2 is 1.79 bits per heavy atom. The van der Waals surface area contributed by atoms with Crippen molar-refractivity contribution in [2.45, 2.75) is 30.6 Å². The molecule has 1 aliphatic heterocycles. The van der Waals surface area contributed by atoms with Gasteiger partial charge < -0.3 is 10.6 Å². The van der Waals surface area contributed by atoms with Gasteiger partial charge in [0, 0.05) is 42.7 Å². The zero-order valence-electron chi connectivity index (χ0n) is 15.4. The van der Waals surface area contributed by atoms with Gasteiger partial charge in [-0.15, -0.1) is 0 Å². The lowest BCUT2D eigenvalue weighted by atomic mass is 10.2. The molecular formula is C19H23N3O4S2. The maximum absolute atomic E-state index is 12.5. The first-order valence-corrected chi connectivity index (χ1v) is 11.6. The second kappa shape index (κ2) is 9.31. The van der Waals surface area contributed by atoms with Crippen LogP contribution in [0, 0.1) is 0 Å². The first kappa shape index (κ1) is 20.5. The topological polar surface area (TPSA) is 95.6 Å². The molecular weight excluding hydrogens is 398 g/mol. The summed E-state index contributed by atoms with van der Waals surface area (Å²) in [7, 11) is -3.45. The molecule has 0 saturated carbocycles. The number of amides is 2. The fourth-order valence-electron chi connectivity index (χ4n) is 2.96. The number of rotatable bonds is 8.